The number of aryl methyl sites for hydroxylation is 1. The molecule has 0 aliphatic carbocycles. The van der Waals surface area contributed by atoms with Crippen LogP contribution in [0, 0.1) is 6.92 Å². The van der Waals surface area contributed by atoms with Crippen LogP contribution in [0.3, 0.4) is 0 Å². The SMILES string of the molecule is CCC(=O)Oc1ccc(CNC(=O)c2ncnc3c(N)n[nH]c23)cc1C. The molecule has 4 N–H and O–H groups in total. The minimum Gasteiger partial charge on any atom is -0.426 e. The van der Waals surface area contributed by atoms with Crippen LogP contribution in [-0.4, -0.2) is 32.0 Å². The van der Waals surface area contributed by atoms with Crippen LogP contribution < -0.4 is 15.8 Å². The van der Waals surface area contributed by atoms with Gasteiger partial charge >= 0.3 is 5.97 Å². The highest BCUT2D eigenvalue weighted by molar-refractivity contribution is 6.04. The molecule has 3 aromatic rings. The molecule has 0 atom stereocenters. The Morgan fingerprint density at radius 1 is 1.31 bits per heavy atom. The van der Waals surface area contributed by atoms with E-state index in [4.69, 9.17) is 10.5 Å². The third-order valence-electron chi connectivity index (χ3n) is 3.80. The van der Waals surface area contributed by atoms with Gasteiger partial charge in [0.25, 0.3) is 5.91 Å². The van der Waals surface area contributed by atoms with Gasteiger partial charge in [0, 0.05) is 13.0 Å². The minimum absolute atomic E-state index is 0.171. The van der Waals surface area contributed by atoms with Gasteiger partial charge < -0.3 is 15.8 Å². The van der Waals surface area contributed by atoms with Crippen LogP contribution in [0.25, 0.3) is 11.0 Å². The van der Waals surface area contributed by atoms with Crippen molar-refractivity contribution in [2.75, 3.05) is 5.73 Å². The first-order valence-electron chi connectivity index (χ1n) is 8.02. The van der Waals surface area contributed by atoms with E-state index >= 15 is 0 Å². The monoisotopic (exact) mass is 354 g/mol. The van der Waals surface area contributed by atoms with Gasteiger partial charge in [0.1, 0.15) is 23.1 Å². The van der Waals surface area contributed by atoms with Crippen molar-refractivity contribution in [1.82, 2.24) is 25.5 Å². The predicted molar refractivity (Wildman–Crippen MR) is 94.4 cm³/mol. The van der Waals surface area contributed by atoms with Crippen LogP contribution in [0.1, 0.15) is 35.0 Å². The number of ether oxygens (including phenoxy) is 1. The fraction of sp³-hybridized carbons (Fsp3) is 0.235. The van der Waals surface area contributed by atoms with Crippen LogP contribution in [-0.2, 0) is 11.3 Å². The molecule has 0 saturated carbocycles. The summed E-state index contributed by atoms with van der Waals surface area (Å²) in [7, 11) is 0. The molecular weight excluding hydrogens is 336 g/mol. The van der Waals surface area contributed by atoms with Gasteiger partial charge in [0.15, 0.2) is 11.5 Å². The molecule has 0 fully saturated rings. The number of anilines is 1. The van der Waals surface area contributed by atoms with Crippen molar-refractivity contribution in [3.63, 3.8) is 0 Å². The van der Waals surface area contributed by atoms with Crippen molar-refractivity contribution in [2.24, 2.45) is 0 Å². The highest BCUT2D eigenvalue weighted by Crippen LogP contribution is 2.20. The maximum Gasteiger partial charge on any atom is 0.310 e. The van der Waals surface area contributed by atoms with Gasteiger partial charge in [-0.05, 0) is 24.1 Å². The van der Waals surface area contributed by atoms with Gasteiger partial charge in [0.2, 0.25) is 0 Å². The number of aromatic nitrogens is 4. The maximum absolute atomic E-state index is 12.4. The van der Waals surface area contributed by atoms with Gasteiger partial charge in [0.05, 0.1) is 0 Å². The second-order valence-electron chi connectivity index (χ2n) is 5.66. The summed E-state index contributed by atoms with van der Waals surface area (Å²) in [5, 5.41) is 9.29. The number of rotatable bonds is 5. The number of benzene rings is 1. The fourth-order valence-corrected chi connectivity index (χ4v) is 2.42. The Morgan fingerprint density at radius 2 is 2.12 bits per heavy atom. The zero-order valence-corrected chi connectivity index (χ0v) is 14.4. The molecule has 134 valence electrons. The highest BCUT2D eigenvalue weighted by Gasteiger charge is 2.16. The van der Waals surface area contributed by atoms with E-state index < -0.39 is 0 Å². The Kier molecular flexibility index (Phi) is 4.78. The molecular formula is C17H18N6O3. The summed E-state index contributed by atoms with van der Waals surface area (Å²) in [6, 6.07) is 5.35. The number of esters is 1. The normalized spacial score (nSPS) is 10.7. The summed E-state index contributed by atoms with van der Waals surface area (Å²) in [5.41, 5.74) is 8.32. The van der Waals surface area contributed by atoms with Crippen LogP contribution >= 0.6 is 0 Å². The lowest BCUT2D eigenvalue weighted by Crippen LogP contribution is -2.24. The van der Waals surface area contributed by atoms with Gasteiger partial charge in [-0.1, -0.05) is 19.1 Å². The van der Waals surface area contributed by atoms with E-state index in [2.05, 4.69) is 25.5 Å². The molecule has 0 aliphatic rings. The smallest absolute Gasteiger partial charge is 0.310 e. The first-order valence-corrected chi connectivity index (χ1v) is 8.02. The van der Waals surface area contributed by atoms with Crippen LogP contribution in [0.4, 0.5) is 5.82 Å². The first kappa shape index (κ1) is 17.3. The standard InChI is InChI=1S/C17H18N6O3/c1-3-12(24)26-11-5-4-10(6-9(11)2)7-19-17(25)15-13-14(20-8-21-15)16(18)23-22-13/h4-6,8H,3,7H2,1-2H3,(H,19,25)(H3,18,22,23). The molecule has 2 heterocycles. The number of carbonyl (C=O) groups is 2. The number of H-pyrrole nitrogens is 1. The number of nitrogen functional groups attached to an aromatic ring is 1. The molecule has 2 aromatic heterocycles. The van der Waals surface area contributed by atoms with Crippen molar-refractivity contribution in [3.8, 4) is 5.75 Å². The number of nitrogens with one attached hydrogen (secondary N) is 2. The number of hydrogen-bond donors (Lipinski definition) is 3. The second kappa shape index (κ2) is 7.18. The molecule has 9 heteroatoms. The van der Waals surface area contributed by atoms with Crippen molar-refractivity contribution >= 4 is 28.7 Å². The second-order valence-corrected chi connectivity index (χ2v) is 5.66. The molecule has 9 nitrogen and oxygen atoms in total. The Morgan fingerprint density at radius 3 is 2.85 bits per heavy atom. The average Bonchev–Trinajstić information content (AvgIpc) is 3.03. The molecule has 1 aromatic carbocycles. The number of amides is 1. The molecule has 0 saturated heterocycles. The number of carbonyl (C=O) groups excluding carboxylic acids is 2. The quantitative estimate of drug-likeness (QED) is 0.466. The average molecular weight is 354 g/mol. The topological polar surface area (TPSA) is 136 Å². The number of aromatic amines is 1. The third-order valence-corrected chi connectivity index (χ3v) is 3.80. The molecule has 0 radical (unpaired) electrons. The number of nitrogens with two attached hydrogens (primary N) is 1. The van der Waals surface area contributed by atoms with Gasteiger partial charge in [-0.3, -0.25) is 14.7 Å². The zero-order valence-electron chi connectivity index (χ0n) is 14.4. The van der Waals surface area contributed by atoms with E-state index in [9.17, 15) is 9.59 Å². The van der Waals surface area contributed by atoms with Crippen LogP contribution in [0.2, 0.25) is 0 Å². The van der Waals surface area contributed by atoms with Crippen molar-refractivity contribution in [3.05, 3.63) is 41.3 Å². The minimum atomic E-state index is -0.375. The summed E-state index contributed by atoms with van der Waals surface area (Å²) < 4.78 is 5.23. The molecule has 0 aliphatic heterocycles. The summed E-state index contributed by atoms with van der Waals surface area (Å²) in [6.45, 7) is 3.86. The lowest BCUT2D eigenvalue weighted by Gasteiger charge is -2.10. The Bertz CT molecular complexity index is 982. The molecule has 26 heavy (non-hydrogen) atoms. The summed E-state index contributed by atoms with van der Waals surface area (Å²) >= 11 is 0. The molecule has 3 rings (SSSR count). The van der Waals surface area contributed by atoms with E-state index in [1.807, 2.05) is 13.0 Å². The largest absolute Gasteiger partial charge is 0.426 e. The lowest BCUT2D eigenvalue weighted by molar-refractivity contribution is -0.134. The summed E-state index contributed by atoms with van der Waals surface area (Å²) in [4.78, 5) is 31.8. The van der Waals surface area contributed by atoms with Crippen molar-refractivity contribution < 1.29 is 14.3 Å². The van der Waals surface area contributed by atoms with E-state index in [1.54, 1.807) is 19.1 Å². The fourth-order valence-electron chi connectivity index (χ4n) is 2.42. The van der Waals surface area contributed by atoms with E-state index in [1.165, 1.54) is 6.33 Å². The van der Waals surface area contributed by atoms with Crippen LogP contribution in [0.15, 0.2) is 24.5 Å². The van der Waals surface area contributed by atoms with Crippen LogP contribution in [0.5, 0.6) is 5.75 Å². The predicted octanol–water partition coefficient (Wildman–Crippen LogP) is 1.49. The first-order chi connectivity index (χ1) is 12.5. The summed E-state index contributed by atoms with van der Waals surface area (Å²) in [6.07, 6.45) is 1.58. The lowest BCUT2D eigenvalue weighted by atomic mass is 10.1. The van der Waals surface area contributed by atoms with E-state index in [-0.39, 0.29) is 29.9 Å². The Balaban J connectivity index is 1.71. The number of nitrogens with zero attached hydrogens (tertiary/aromatic N) is 3. The zero-order chi connectivity index (χ0) is 18.7. The molecule has 0 bridgehead atoms. The van der Waals surface area contributed by atoms with Gasteiger partial charge in [-0.25, -0.2) is 9.97 Å². The third kappa shape index (κ3) is 3.46. The molecule has 1 amide bonds. The number of hydrogen-bond acceptors (Lipinski definition) is 7. The van der Waals surface area contributed by atoms with Crippen molar-refractivity contribution in [2.45, 2.75) is 26.8 Å². The van der Waals surface area contributed by atoms with Gasteiger partial charge in [-0.15, -0.1) is 0 Å². The summed E-state index contributed by atoms with van der Waals surface area (Å²) in [5.74, 6) is 0.0580. The number of fused-ring (bicyclic) bond motifs is 1. The molecule has 0 unspecified atom stereocenters. The molecule has 0 spiro atoms. The van der Waals surface area contributed by atoms with E-state index in [0.717, 1.165) is 11.1 Å². The van der Waals surface area contributed by atoms with Crippen molar-refractivity contribution in [1.29, 1.82) is 0 Å². The highest BCUT2D eigenvalue weighted by atomic mass is 16.5. The Labute approximate surface area is 149 Å². The Hall–Kier alpha value is -3.49. The van der Waals surface area contributed by atoms with Gasteiger partial charge in [-0.2, -0.15) is 5.10 Å². The van der Waals surface area contributed by atoms with E-state index in [0.29, 0.717) is 23.2 Å². The maximum atomic E-state index is 12.4.